The first kappa shape index (κ1) is 12.5. The number of aryl methyl sites for hydroxylation is 2. The van der Waals surface area contributed by atoms with E-state index in [4.69, 9.17) is 11.6 Å². The second kappa shape index (κ2) is 4.99. The van der Waals surface area contributed by atoms with Crippen molar-refractivity contribution in [2.75, 3.05) is 5.88 Å². The van der Waals surface area contributed by atoms with Crippen molar-refractivity contribution in [3.05, 3.63) is 17.5 Å². The van der Waals surface area contributed by atoms with Crippen molar-refractivity contribution in [2.45, 2.75) is 46.3 Å². The first-order chi connectivity index (χ1) is 6.98. The Labute approximate surface area is 96.8 Å². The molecule has 0 atom stereocenters. The van der Waals surface area contributed by atoms with E-state index in [0.29, 0.717) is 5.88 Å². The lowest BCUT2D eigenvalue weighted by atomic mass is 10.1. The van der Waals surface area contributed by atoms with Crippen LogP contribution in [-0.4, -0.2) is 21.2 Å². The molecule has 0 aliphatic rings. The number of rotatable bonds is 5. The van der Waals surface area contributed by atoms with Crippen molar-refractivity contribution in [1.29, 1.82) is 0 Å². The number of hydrogen-bond donors (Lipinski definition) is 1. The van der Waals surface area contributed by atoms with Gasteiger partial charge in [0.15, 0.2) is 0 Å². The molecule has 15 heavy (non-hydrogen) atoms. The molecule has 0 aliphatic heterocycles. The number of aromatic nitrogens is 2. The average molecular weight is 230 g/mol. The van der Waals surface area contributed by atoms with Crippen LogP contribution >= 0.6 is 11.6 Å². The summed E-state index contributed by atoms with van der Waals surface area (Å²) < 4.78 is 2.02. The van der Waals surface area contributed by atoms with Gasteiger partial charge in [-0.15, -0.1) is 11.6 Å². The second-order valence-corrected chi connectivity index (χ2v) is 4.73. The molecule has 3 nitrogen and oxygen atoms in total. The fourth-order valence-corrected chi connectivity index (χ4v) is 1.49. The summed E-state index contributed by atoms with van der Waals surface area (Å²) in [6.07, 6.45) is 0. The minimum atomic E-state index is -0.0295. The summed E-state index contributed by atoms with van der Waals surface area (Å²) >= 11 is 5.85. The van der Waals surface area contributed by atoms with Crippen LogP contribution in [-0.2, 0) is 13.1 Å². The number of nitrogens with zero attached hydrogens (tertiary/aromatic N) is 2. The predicted molar refractivity (Wildman–Crippen MR) is 64.3 cm³/mol. The Morgan fingerprint density at radius 3 is 2.73 bits per heavy atom. The van der Waals surface area contributed by atoms with E-state index in [0.717, 1.165) is 18.8 Å². The average Bonchev–Trinajstić information content (AvgIpc) is 2.56. The molecular weight excluding hydrogens is 210 g/mol. The maximum absolute atomic E-state index is 5.85. The number of nitrogens with one attached hydrogen (secondary N) is 1. The molecular formula is C11H20ClN3. The van der Waals surface area contributed by atoms with Gasteiger partial charge in [-0.2, -0.15) is 5.10 Å². The number of hydrogen-bond acceptors (Lipinski definition) is 2. The molecule has 4 heteroatoms. The monoisotopic (exact) mass is 229 g/mol. The first-order valence-corrected chi connectivity index (χ1v) is 5.86. The zero-order chi connectivity index (χ0) is 11.5. The molecule has 0 saturated carbocycles. The SMILES string of the molecule is CCn1nc(C)cc1CNC(C)(C)CCl. The zero-order valence-electron chi connectivity index (χ0n) is 9.97. The van der Waals surface area contributed by atoms with Crippen LogP contribution in [0.1, 0.15) is 32.2 Å². The maximum atomic E-state index is 5.85. The summed E-state index contributed by atoms with van der Waals surface area (Å²) in [5.74, 6) is 0.603. The molecule has 1 N–H and O–H groups in total. The third-order valence-electron chi connectivity index (χ3n) is 2.37. The van der Waals surface area contributed by atoms with Crippen LogP contribution in [0.15, 0.2) is 6.07 Å². The van der Waals surface area contributed by atoms with Crippen molar-refractivity contribution in [3.8, 4) is 0 Å². The van der Waals surface area contributed by atoms with E-state index in [-0.39, 0.29) is 5.54 Å². The van der Waals surface area contributed by atoms with Crippen molar-refractivity contribution in [1.82, 2.24) is 15.1 Å². The van der Waals surface area contributed by atoms with Crippen LogP contribution in [0.2, 0.25) is 0 Å². The Morgan fingerprint density at radius 2 is 2.20 bits per heavy atom. The largest absolute Gasteiger partial charge is 0.305 e. The highest BCUT2D eigenvalue weighted by atomic mass is 35.5. The molecule has 0 aliphatic carbocycles. The third-order valence-corrected chi connectivity index (χ3v) is 3.04. The van der Waals surface area contributed by atoms with Gasteiger partial charge in [0.2, 0.25) is 0 Å². The lowest BCUT2D eigenvalue weighted by Crippen LogP contribution is -2.40. The highest BCUT2D eigenvalue weighted by molar-refractivity contribution is 6.18. The Balaban J connectivity index is 2.64. The predicted octanol–water partition coefficient (Wildman–Crippen LogP) is 2.32. The van der Waals surface area contributed by atoms with Gasteiger partial charge >= 0.3 is 0 Å². The van der Waals surface area contributed by atoms with Crippen LogP contribution in [0.25, 0.3) is 0 Å². The molecule has 1 rings (SSSR count). The fourth-order valence-electron chi connectivity index (χ4n) is 1.39. The molecule has 0 bridgehead atoms. The Hall–Kier alpha value is -0.540. The number of halogens is 1. The first-order valence-electron chi connectivity index (χ1n) is 5.33. The van der Waals surface area contributed by atoms with Crippen LogP contribution in [0.5, 0.6) is 0 Å². The maximum Gasteiger partial charge on any atom is 0.0597 e. The summed E-state index contributed by atoms with van der Waals surface area (Å²) in [5, 5.41) is 7.82. The number of alkyl halides is 1. The van der Waals surface area contributed by atoms with Crippen LogP contribution < -0.4 is 5.32 Å². The Bertz CT molecular complexity index is 318. The van der Waals surface area contributed by atoms with Gasteiger partial charge in [0, 0.05) is 24.5 Å². The van der Waals surface area contributed by atoms with Gasteiger partial charge in [0.25, 0.3) is 0 Å². The Kier molecular flexibility index (Phi) is 4.17. The van der Waals surface area contributed by atoms with Crippen molar-refractivity contribution in [3.63, 3.8) is 0 Å². The van der Waals surface area contributed by atoms with Gasteiger partial charge in [0.05, 0.1) is 11.4 Å². The zero-order valence-corrected chi connectivity index (χ0v) is 10.7. The van der Waals surface area contributed by atoms with Crippen molar-refractivity contribution < 1.29 is 0 Å². The standard InChI is InChI=1S/C11H20ClN3/c1-5-15-10(6-9(2)14-15)7-13-11(3,4)8-12/h6,13H,5,7-8H2,1-4H3. The molecule has 0 radical (unpaired) electrons. The van der Waals surface area contributed by atoms with Crippen LogP contribution in [0.3, 0.4) is 0 Å². The van der Waals surface area contributed by atoms with E-state index in [9.17, 15) is 0 Å². The molecule has 0 aromatic carbocycles. The van der Waals surface area contributed by atoms with E-state index in [1.54, 1.807) is 0 Å². The van der Waals surface area contributed by atoms with Gasteiger partial charge in [-0.3, -0.25) is 4.68 Å². The summed E-state index contributed by atoms with van der Waals surface area (Å²) in [5.41, 5.74) is 2.25. The molecule has 0 fully saturated rings. The molecule has 1 heterocycles. The smallest absolute Gasteiger partial charge is 0.0597 e. The van der Waals surface area contributed by atoms with Gasteiger partial charge in [-0.05, 0) is 33.8 Å². The van der Waals surface area contributed by atoms with Crippen molar-refractivity contribution in [2.24, 2.45) is 0 Å². The lowest BCUT2D eigenvalue weighted by Gasteiger charge is -2.23. The molecule has 0 spiro atoms. The quantitative estimate of drug-likeness (QED) is 0.786. The molecule has 1 aromatic rings. The van der Waals surface area contributed by atoms with Crippen LogP contribution in [0, 0.1) is 6.92 Å². The van der Waals surface area contributed by atoms with E-state index in [2.05, 4.69) is 37.3 Å². The summed E-state index contributed by atoms with van der Waals surface area (Å²) in [6, 6.07) is 2.11. The van der Waals surface area contributed by atoms with Crippen molar-refractivity contribution >= 4 is 11.6 Å². The van der Waals surface area contributed by atoms with E-state index in [1.165, 1.54) is 5.69 Å². The lowest BCUT2D eigenvalue weighted by molar-refractivity contribution is 0.417. The van der Waals surface area contributed by atoms with Gasteiger partial charge in [-0.1, -0.05) is 0 Å². The minimum absolute atomic E-state index is 0.0295. The molecule has 86 valence electrons. The topological polar surface area (TPSA) is 29.9 Å². The highest BCUT2D eigenvalue weighted by Gasteiger charge is 2.16. The second-order valence-electron chi connectivity index (χ2n) is 4.46. The minimum Gasteiger partial charge on any atom is -0.305 e. The normalized spacial score (nSPS) is 12.1. The summed E-state index contributed by atoms with van der Waals surface area (Å²) in [6.45, 7) is 10.0. The van der Waals surface area contributed by atoms with E-state index < -0.39 is 0 Å². The fraction of sp³-hybridized carbons (Fsp3) is 0.727. The Morgan fingerprint density at radius 1 is 1.53 bits per heavy atom. The molecule has 1 aromatic heterocycles. The van der Waals surface area contributed by atoms with Gasteiger partial charge < -0.3 is 5.32 Å². The van der Waals surface area contributed by atoms with Gasteiger partial charge in [0.1, 0.15) is 0 Å². The van der Waals surface area contributed by atoms with Crippen LogP contribution in [0.4, 0.5) is 0 Å². The van der Waals surface area contributed by atoms with E-state index >= 15 is 0 Å². The van der Waals surface area contributed by atoms with Gasteiger partial charge in [-0.25, -0.2) is 0 Å². The molecule has 0 unspecified atom stereocenters. The molecule has 0 amide bonds. The summed E-state index contributed by atoms with van der Waals surface area (Å²) in [7, 11) is 0. The third kappa shape index (κ3) is 3.50. The highest BCUT2D eigenvalue weighted by Crippen LogP contribution is 2.08. The van der Waals surface area contributed by atoms with E-state index in [1.807, 2.05) is 11.6 Å². The molecule has 0 saturated heterocycles. The summed E-state index contributed by atoms with van der Waals surface area (Å²) in [4.78, 5) is 0.